The van der Waals surface area contributed by atoms with Gasteiger partial charge in [0, 0.05) is 5.02 Å². The summed E-state index contributed by atoms with van der Waals surface area (Å²) in [6.45, 7) is 1.88. The molecule has 130 valence electrons. The molecule has 0 saturated heterocycles. The summed E-state index contributed by atoms with van der Waals surface area (Å²) in [6, 6.07) is 25.5. The Morgan fingerprint density at radius 2 is 1.50 bits per heavy atom. The number of carbonyl (C=O) groups excluding carboxylic acids is 1. The van der Waals surface area contributed by atoms with Crippen molar-refractivity contribution in [2.24, 2.45) is 5.10 Å². The Morgan fingerprint density at radius 1 is 0.885 bits per heavy atom. The normalized spacial score (nSPS) is 11.2. The summed E-state index contributed by atoms with van der Waals surface area (Å²) in [5.41, 5.74) is 7.55. The zero-order chi connectivity index (χ0) is 18.4. The fourth-order valence-corrected chi connectivity index (χ4v) is 2.70. The van der Waals surface area contributed by atoms with Crippen molar-refractivity contribution in [2.75, 3.05) is 0 Å². The molecule has 0 spiro atoms. The van der Waals surface area contributed by atoms with Crippen LogP contribution in [0.3, 0.4) is 0 Å². The summed E-state index contributed by atoms with van der Waals surface area (Å²) in [7, 11) is 0. The molecule has 0 saturated carbocycles. The standard InChI is InChI=1S/C22H19ClN2O/c1-16(24-25-22(26)15-17-7-13-21(23)14-8-17)18-9-11-20(12-10-18)19-5-3-2-4-6-19/h2-14H,15H2,1H3,(H,25,26)/b24-16-. The Morgan fingerprint density at radius 3 is 2.15 bits per heavy atom. The third-order valence-corrected chi connectivity index (χ3v) is 4.29. The molecule has 0 aromatic heterocycles. The minimum atomic E-state index is -0.160. The van der Waals surface area contributed by atoms with E-state index >= 15 is 0 Å². The van der Waals surface area contributed by atoms with Gasteiger partial charge in [0.1, 0.15) is 0 Å². The van der Waals surface area contributed by atoms with Crippen LogP contribution in [0.1, 0.15) is 18.1 Å². The van der Waals surface area contributed by atoms with Gasteiger partial charge in [-0.2, -0.15) is 5.10 Å². The smallest absolute Gasteiger partial charge is 0.244 e. The van der Waals surface area contributed by atoms with Crippen LogP contribution in [0, 0.1) is 0 Å². The molecule has 1 amide bonds. The molecule has 0 aliphatic carbocycles. The number of nitrogens with zero attached hydrogens (tertiary/aromatic N) is 1. The van der Waals surface area contributed by atoms with E-state index in [1.807, 2.05) is 49.4 Å². The molecule has 1 N–H and O–H groups in total. The third-order valence-electron chi connectivity index (χ3n) is 4.04. The van der Waals surface area contributed by atoms with Gasteiger partial charge in [0.2, 0.25) is 5.91 Å². The molecule has 0 bridgehead atoms. The summed E-state index contributed by atoms with van der Waals surface area (Å²) in [4.78, 5) is 12.0. The highest BCUT2D eigenvalue weighted by Crippen LogP contribution is 2.19. The number of hydrogen-bond donors (Lipinski definition) is 1. The third kappa shape index (κ3) is 4.80. The van der Waals surface area contributed by atoms with Crippen molar-refractivity contribution in [2.45, 2.75) is 13.3 Å². The molecule has 0 fully saturated rings. The molecule has 26 heavy (non-hydrogen) atoms. The van der Waals surface area contributed by atoms with Gasteiger partial charge in [-0.05, 0) is 41.3 Å². The van der Waals surface area contributed by atoms with E-state index < -0.39 is 0 Å². The van der Waals surface area contributed by atoms with Crippen molar-refractivity contribution < 1.29 is 4.79 Å². The Kier molecular flexibility index (Phi) is 5.82. The first-order chi connectivity index (χ1) is 12.6. The van der Waals surface area contributed by atoms with Gasteiger partial charge in [-0.3, -0.25) is 4.79 Å². The summed E-state index contributed by atoms with van der Waals surface area (Å²) >= 11 is 5.85. The predicted molar refractivity (Wildman–Crippen MR) is 107 cm³/mol. The van der Waals surface area contributed by atoms with Crippen molar-refractivity contribution >= 4 is 23.2 Å². The summed E-state index contributed by atoms with van der Waals surface area (Å²) < 4.78 is 0. The highest BCUT2D eigenvalue weighted by molar-refractivity contribution is 6.30. The largest absolute Gasteiger partial charge is 0.273 e. The van der Waals surface area contributed by atoms with Crippen molar-refractivity contribution in [3.8, 4) is 11.1 Å². The van der Waals surface area contributed by atoms with Gasteiger partial charge in [0.25, 0.3) is 0 Å². The summed E-state index contributed by atoms with van der Waals surface area (Å²) in [6.07, 6.45) is 0.265. The van der Waals surface area contributed by atoms with Gasteiger partial charge in [-0.15, -0.1) is 0 Å². The van der Waals surface area contributed by atoms with E-state index in [4.69, 9.17) is 11.6 Å². The second-order valence-electron chi connectivity index (χ2n) is 5.98. The van der Waals surface area contributed by atoms with Gasteiger partial charge in [0.15, 0.2) is 0 Å². The molecule has 0 radical (unpaired) electrons. The molecular formula is C22H19ClN2O. The number of hydrazone groups is 1. The van der Waals surface area contributed by atoms with E-state index in [1.54, 1.807) is 12.1 Å². The predicted octanol–water partition coefficient (Wildman–Crippen LogP) is 5.09. The van der Waals surface area contributed by atoms with Crippen LogP contribution in [0.5, 0.6) is 0 Å². The topological polar surface area (TPSA) is 41.5 Å². The highest BCUT2D eigenvalue weighted by Gasteiger charge is 2.04. The van der Waals surface area contributed by atoms with E-state index in [9.17, 15) is 4.79 Å². The van der Waals surface area contributed by atoms with Crippen LogP contribution >= 0.6 is 11.6 Å². The van der Waals surface area contributed by atoms with Crippen LogP contribution in [0.2, 0.25) is 5.02 Å². The Bertz CT molecular complexity index is 901. The van der Waals surface area contributed by atoms with E-state index in [-0.39, 0.29) is 12.3 Å². The molecule has 0 atom stereocenters. The second-order valence-corrected chi connectivity index (χ2v) is 6.42. The summed E-state index contributed by atoms with van der Waals surface area (Å²) in [5, 5.41) is 4.86. The lowest BCUT2D eigenvalue weighted by atomic mass is 10.0. The highest BCUT2D eigenvalue weighted by atomic mass is 35.5. The first-order valence-electron chi connectivity index (χ1n) is 8.35. The molecule has 0 aliphatic rings. The first kappa shape index (κ1) is 17.9. The fraction of sp³-hybridized carbons (Fsp3) is 0.0909. The molecular weight excluding hydrogens is 344 g/mol. The minimum Gasteiger partial charge on any atom is -0.273 e. The molecule has 4 heteroatoms. The lowest BCUT2D eigenvalue weighted by Gasteiger charge is -2.05. The zero-order valence-corrected chi connectivity index (χ0v) is 15.2. The summed E-state index contributed by atoms with van der Waals surface area (Å²) in [5.74, 6) is -0.160. The maximum Gasteiger partial charge on any atom is 0.244 e. The molecule has 3 rings (SSSR count). The Hall–Kier alpha value is -2.91. The van der Waals surface area contributed by atoms with Crippen LogP contribution < -0.4 is 5.43 Å². The number of carbonyl (C=O) groups is 1. The average molecular weight is 363 g/mol. The van der Waals surface area contributed by atoms with Gasteiger partial charge < -0.3 is 0 Å². The molecule has 3 aromatic rings. The maximum atomic E-state index is 12.0. The molecule has 3 nitrogen and oxygen atoms in total. The minimum absolute atomic E-state index is 0.160. The second kappa shape index (κ2) is 8.45. The number of halogens is 1. The lowest BCUT2D eigenvalue weighted by Crippen LogP contribution is -2.21. The van der Waals surface area contributed by atoms with Gasteiger partial charge in [-0.1, -0.05) is 78.3 Å². The van der Waals surface area contributed by atoms with Crippen molar-refractivity contribution in [1.82, 2.24) is 5.43 Å². The van der Waals surface area contributed by atoms with E-state index in [2.05, 4.69) is 34.8 Å². The Labute approximate surface area is 158 Å². The van der Waals surface area contributed by atoms with Crippen LogP contribution in [-0.4, -0.2) is 11.6 Å². The van der Waals surface area contributed by atoms with Crippen molar-refractivity contribution in [3.05, 3.63) is 95.0 Å². The maximum absolute atomic E-state index is 12.0. The van der Waals surface area contributed by atoms with Gasteiger partial charge >= 0.3 is 0 Å². The number of rotatable bonds is 5. The first-order valence-corrected chi connectivity index (χ1v) is 8.73. The molecule has 0 aliphatic heterocycles. The number of hydrogen-bond acceptors (Lipinski definition) is 2. The van der Waals surface area contributed by atoms with Crippen molar-refractivity contribution in [3.63, 3.8) is 0 Å². The Balaban J connectivity index is 1.62. The van der Waals surface area contributed by atoms with Crippen LogP contribution in [0.25, 0.3) is 11.1 Å². The van der Waals surface area contributed by atoms with Crippen molar-refractivity contribution in [1.29, 1.82) is 0 Å². The van der Waals surface area contributed by atoms with E-state index in [0.717, 1.165) is 22.4 Å². The van der Waals surface area contributed by atoms with Gasteiger partial charge in [0.05, 0.1) is 12.1 Å². The lowest BCUT2D eigenvalue weighted by molar-refractivity contribution is -0.120. The van der Waals surface area contributed by atoms with E-state index in [1.165, 1.54) is 5.56 Å². The molecule has 0 unspecified atom stereocenters. The van der Waals surface area contributed by atoms with Crippen LogP contribution in [-0.2, 0) is 11.2 Å². The zero-order valence-electron chi connectivity index (χ0n) is 14.4. The van der Waals surface area contributed by atoms with E-state index in [0.29, 0.717) is 5.02 Å². The SMILES string of the molecule is C/C(=N/NC(=O)Cc1ccc(Cl)cc1)c1ccc(-c2ccccc2)cc1. The number of nitrogens with one attached hydrogen (secondary N) is 1. The fourth-order valence-electron chi connectivity index (χ4n) is 2.57. The molecule has 0 heterocycles. The quantitative estimate of drug-likeness (QED) is 0.498. The average Bonchev–Trinajstić information content (AvgIpc) is 2.69. The number of amides is 1. The van der Waals surface area contributed by atoms with Crippen LogP contribution in [0.4, 0.5) is 0 Å². The van der Waals surface area contributed by atoms with Crippen LogP contribution in [0.15, 0.2) is 84.0 Å². The molecule has 3 aromatic carbocycles. The number of benzene rings is 3. The van der Waals surface area contributed by atoms with Gasteiger partial charge in [-0.25, -0.2) is 5.43 Å². The monoisotopic (exact) mass is 362 g/mol.